The number of hydrogen-bond donors (Lipinski definition) is 3. The number of carboxylic acids is 1. The zero-order valence-electron chi connectivity index (χ0n) is 27.9. The van der Waals surface area contributed by atoms with E-state index in [1.54, 1.807) is 0 Å². The van der Waals surface area contributed by atoms with Crippen molar-refractivity contribution in [2.24, 2.45) is 0 Å². The summed E-state index contributed by atoms with van der Waals surface area (Å²) in [6, 6.07) is 20.8. The van der Waals surface area contributed by atoms with E-state index >= 15 is 0 Å². The van der Waals surface area contributed by atoms with Gasteiger partial charge < -0.3 is 30.0 Å². The van der Waals surface area contributed by atoms with E-state index < -0.39 is 84.3 Å². The Hall–Kier alpha value is -6.58. The lowest BCUT2D eigenvalue weighted by molar-refractivity contribution is -0.141. The van der Waals surface area contributed by atoms with Gasteiger partial charge in [0.25, 0.3) is 0 Å². The predicted molar refractivity (Wildman–Crippen MR) is 177 cm³/mol. The summed E-state index contributed by atoms with van der Waals surface area (Å²) in [5, 5.41) is 13.9. The number of nitrogens with one attached hydrogen (secondary N) is 2. The van der Waals surface area contributed by atoms with Crippen molar-refractivity contribution < 1.29 is 65.6 Å². The van der Waals surface area contributed by atoms with E-state index in [1.165, 1.54) is 6.92 Å². The van der Waals surface area contributed by atoms with Gasteiger partial charge in [-0.2, -0.15) is 0 Å². The van der Waals surface area contributed by atoms with E-state index in [-0.39, 0.29) is 24.2 Å². The summed E-state index contributed by atoms with van der Waals surface area (Å²) in [5.74, 6) is -9.55. The molecule has 4 aromatic rings. The molecule has 0 aliphatic heterocycles. The number of rotatable bonds is 14. The third-order valence-corrected chi connectivity index (χ3v) is 6.87. The lowest BCUT2D eigenvalue weighted by atomic mass is 10.1. The molecule has 2 atom stereocenters. The summed E-state index contributed by atoms with van der Waals surface area (Å²) in [4.78, 5) is 70.2. The van der Waals surface area contributed by atoms with E-state index in [1.807, 2.05) is 60.7 Å². The molecule has 12 nitrogen and oxygen atoms in total. The highest BCUT2D eigenvalue weighted by atomic mass is 19.2. The quantitative estimate of drug-likeness (QED) is 0.0913. The molecule has 0 aromatic heterocycles. The van der Waals surface area contributed by atoms with Crippen LogP contribution in [-0.2, 0) is 41.6 Å². The number of aliphatic carboxylic acids is 1. The SMILES string of the molecule is C[C@H](NC(=O)[C@H](Cc1ccccc1)NC(=O)OCc1ccccc1)C(=O)O.O=C(COC(=O)c1ccc(F)c(F)c1)COC(=O)c1ccc(F)c(F)c1. The molecule has 278 valence electrons. The number of esters is 2. The fourth-order valence-corrected chi connectivity index (χ4v) is 4.09. The summed E-state index contributed by atoms with van der Waals surface area (Å²) in [7, 11) is 0. The molecular weight excluding hydrogens is 708 g/mol. The first kappa shape index (κ1) is 40.8. The van der Waals surface area contributed by atoms with Gasteiger partial charge in [-0.05, 0) is 54.4 Å². The van der Waals surface area contributed by atoms with Gasteiger partial charge in [-0.25, -0.2) is 31.9 Å². The monoisotopic (exact) mass is 740 g/mol. The average Bonchev–Trinajstić information content (AvgIpc) is 3.15. The number of benzene rings is 4. The minimum Gasteiger partial charge on any atom is -0.480 e. The Kier molecular flexibility index (Phi) is 15.7. The van der Waals surface area contributed by atoms with Gasteiger partial charge in [-0.1, -0.05) is 60.7 Å². The van der Waals surface area contributed by atoms with E-state index in [2.05, 4.69) is 20.1 Å². The molecule has 4 aromatic carbocycles. The minimum absolute atomic E-state index is 0.0673. The van der Waals surface area contributed by atoms with Gasteiger partial charge in [0.1, 0.15) is 18.7 Å². The number of carbonyl (C=O) groups excluding carboxylic acids is 5. The lowest BCUT2D eigenvalue weighted by Gasteiger charge is -2.20. The van der Waals surface area contributed by atoms with Crippen LogP contribution in [0.15, 0.2) is 97.1 Å². The molecule has 0 saturated heterocycles. The van der Waals surface area contributed by atoms with Crippen LogP contribution in [0.3, 0.4) is 0 Å². The Morgan fingerprint density at radius 1 is 0.623 bits per heavy atom. The molecule has 53 heavy (non-hydrogen) atoms. The number of ketones is 1. The fraction of sp³-hybridized carbons (Fsp3) is 0.189. The van der Waals surface area contributed by atoms with Crippen LogP contribution in [-0.4, -0.2) is 66.1 Å². The third-order valence-electron chi connectivity index (χ3n) is 6.87. The normalized spacial score (nSPS) is 11.4. The first-order chi connectivity index (χ1) is 25.2. The molecule has 0 unspecified atom stereocenters. The van der Waals surface area contributed by atoms with Gasteiger partial charge in [0.2, 0.25) is 11.7 Å². The van der Waals surface area contributed by atoms with Crippen molar-refractivity contribution in [1.82, 2.24) is 10.6 Å². The van der Waals surface area contributed by atoms with Crippen LogP contribution in [0.25, 0.3) is 0 Å². The van der Waals surface area contributed by atoms with Gasteiger partial charge in [0, 0.05) is 6.42 Å². The largest absolute Gasteiger partial charge is 0.480 e. The number of amides is 2. The van der Waals surface area contributed by atoms with E-state index in [0.29, 0.717) is 12.1 Å². The van der Waals surface area contributed by atoms with Crippen molar-refractivity contribution in [3.05, 3.63) is 143 Å². The number of hydrogen-bond acceptors (Lipinski definition) is 9. The lowest BCUT2D eigenvalue weighted by Crippen LogP contribution is -2.51. The third kappa shape index (κ3) is 13.9. The fourth-order valence-electron chi connectivity index (χ4n) is 4.09. The van der Waals surface area contributed by atoms with Crippen molar-refractivity contribution in [1.29, 1.82) is 0 Å². The maximum Gasteiger partial charge on any atom is 0.408 e. The van der Waals surface area contributed by atoms with Crippen LogP contribution < -0.4 is 10.6 Å². The summed E-state index contributed by atoms with van der Waals surface area (Å²) in [5.41, 5.74) is 1.02. The minimum atomic E-state index is -1.26. The van der Waals surface area contributed by atoms with Crippen molar-refractivity contribution in [2.75, 3.05) is 13.2 Å². The molecule has 0 fully saturated rings. The van der Waals surface area contributed by atoms with Gasteiger partial charge in [0.05, 0.1) is 11.1 Å². The van der Waals surface area contributed by atoms with Gasteiger partial charge in [-0.15, -0.1) is 0 Å². The molecule has 0 bridgehead atoms. The van der Waals surface area contributed by atoms with E-state index in [4.69, 9.17) is 9.84 Å². The number of ether oxygens (including phenoxy) is 3. The molecule has 0 aliphatic rings. The highest BCUT2D eigenvalue weighted by Crippen LogP contribution is 2.12. The molecule has 0 heterocycles. The summed E-state index contributed by atoms with van der Waals surface area (Å²) in [6.45, 7) is -0.156. The Morgan fingerprint density at radius 2 is 1.09 bits per heavy atom. The molecule has 0 saturated carbocycles. The predicted octanol–water partition coefficient (Wildman–Crippen LogP) is 4.94. The van der Waals surface area contributed by atoms with Crippen molar-refractivity contribution in [2.45, 2.75) is 32.0 Å². The Balaban J connectivity index is 0.000000286. The summed E-state index contributed by atoms with van der Waals surface area (Å²) in [6.07, 6.45) is -0.544. The van der Waals surface area contributed by atoms with Gasteiger partial charge >= 0.3 is 24.0 Å². The molecule has 16 heteroatoms. The molecule has 2 amide bonds. The van der Waals surface area contributed by atoms with Crippen LogP contribution in [0.5, 0.6) is 0 Å². The highest BCUT2D eigenvalue weighted by Gasteiger charge is 2.25. The second kappa shape index (κ2) is 20.3. The van der Waals surface area contributed by atoms with Crippen LogP contribution in [0.4, 0.5) is 22.4 Å². The van der Waals surface area contributed by atoms with E-state index in [9.17, 15) is 46.3 Å². The maximum atomic E-state index is 13.0. The number of carbonyl (C=O) groups is 6. The topological polar surface area (TPSA) is 174 Å². The first-order valence-corrected chi connectivity index (χ1v) is 15.5. The number of Topliss-reactive ketones (excluding diaryl/α,β-unsaturated/α-hetero) is 1. The highest BCUT2D eigenvalue weighted by molar-refractivity contribution is 5.94. The molecule has 0 radical (unpaired) electrons. The van der Waals surface area contributed by atoms with Crippen molar-refractivity contribution in [3.63, 3.8) is 0 Å². The molecule has 3 N–H and O–H groups in total. The number of halogens is 4. The van der Waals surface area contributed by atoms with Gasteiger partial charge in [-0.3, -0.25) is 14.4 Å². The second-order valence-electron chi connectivity index (χ2n) is 11.0. The standard InChI is InChI=1S/C20H22N2O5.C17H10F4O5/c1-14(19(24)25)21-18(23)17(12-15-8-4-2-5-9-15)22-20(26)27-13-16-10-6-3-7-11-16;18-12-3-1-9(5-14(12)20)16(23)25-7-11(22)8-26-17(24)10-2-4-13(19)15(21)6-10/h2-11,14,17H,12-13H2,1H3,(H,21,23)(H,22,26)(H,24,25);1-6H,7-8H2/t14-,17-;/m0./s1. The average molecular weight is 741 g/mol. The van der Waals surface area contributed by atoms with Crippen LogP contribution in [0, 0.1) is 23.3 Å². The van der Waals surface area contributed by atoms with Crippen LogP contribution >= 0.6 is 0 Å². The van der Waals surface area contributed by atoms with Crippen LogP contribution in [0.2, 0.25) is 0 Å². The van der Waals surface area contributed by atoms with Crippen molar-refractivity contribution in [3.8, 4) is 0 Å². The van der Waals surface area contributed by atoms with E-state index in [0.717, 1.165) is 35.4 Å². The molecule has 4 rings (SSSR count). The van der Waals surface area contributed by atoms with Crippen LogP contribution in [0.1, 0.15) is 38.8 Å². The van der Waals surface area contributed by atoms with Gasteiger partial charge in [0.15, 0.2) is 36.5 Å². The second-order valence-corrected chi connectivity index (χ2v) is 11.0. The summed E-state index contributed by atoms with van der Waals surface area (Å²) >= 11 is 0. The van der Waals surface area contributed by atoms with Crippen molar-refractivity contribution >= 4 is 35.7 Å². The maximum absolute atomic E-state index is 13.0. The number of carboxylic acid groups (broad SMARTS) is 1. The molecule has 0 spiro atoms. The smallest absolute Gasteiger partial charge is 0.408 e. The Morgan fingerprint density at radius 3 is 1.55 bits per heavy atom. The first-order valence-electron chi connectivity index (χ1n) is 15.5. The number of alkyl carbamates (subject to hydrolysis) is 1. The summed E-state index contributed by atoms with van der Waals surface area (Å²) < 4.78 is 65.9. The molecular formula is C37H32F4N2O10. The zero-order chi connectivity index (χ0) is 38.9. The Bertz CT molecular complexity index is 1840. The Labute approximate surface area is 299 Å². The molecule has 0 aliphatic carbocycles. The zero-order valence-corrected chi connectivity index (χ0v) is 27.9.